The highest BCUT2D eigenvalue weighted by molar-refractivity contribution is 5.94. The number of nitrogens with one attached hydrogen (secondary N) is 2. The Morgan fingerprint density at radius 2 is 2.10 bits per heavy atom. The zero-order valence-electron chi connectivity index (χ0n) is 12.2. The van der Waals surface area contributed by atoms with E-state index in [0.717, 1.165) is 56.8 Å². The predicted molar refractivity (Wildman–Crippen MR) is 81.1 cm³/mol. The molecule has 1 aromatic rings. The minimum atomic E-state index is 0.00552. The molecule has 2 N–H and O–H groups in total. The van der Waals surface area contributed by atoms with Gasteiger partial charge in [0.2, 0.25) is 0 Å². The lowest BCUT2D eigenvalue weighted by atomic mass is 10.1. The van der Waals surface area contributed by atoms with Gasteiger partial charge in [0, 0.05) is 37.6 Å². The van der Waals surface area contributed by atoms with E-state index in [2.05, 4.69) is 17.6 Å². The topological polar surface area (TPSA) is 50.4 Å². The predicted octanol–water partition coefficient (Wildman–Crippen LogP) is 2.66. The van der Waals surface area contributed by atoms with Crippen LogP contribution in [0.1, 0.15) is 36.5 Å². The van der Waals surface area contributed by atoms with E-state index >= 15 is 0 Å². The van der Waals surface area contributed by atoms with Crippen molar-refractivity contribution in [1.82, 2.24) is 5.32 Å². The normalized spacial score (nSPS) is 17.9. The largest absolute Gasteiger partial charge is 0.385 e. The summed E-state index contributed by atoms with van der Waals surface area (Å²) in [6.07, 6.45) is 3.21. The molecule has 4 nitrogen and oxygen atoms in total. The van der Waals surface area contributed by atoms with Crippen molar-refractivity contribution in [3.8, 4) is 0 Å². The van der Waals surface area contributed by atoms with Crippen molar-refractivity contribution in [1.29, 1.82) is 0 Å². The van der Waals surface area contributed by atoms with Crippen LogP contribution in [0.5, 0.6) is 0 Å². The van der Waals surface area contributed by atoms with Crippen LogP contribution in [0.15, 0.2) is 24.3 Å². The molecule has 1 atom stereocenters. The molecule has 1 heterocycles. The van der Waals surface area contributed by atoms with E-state index in [1.54, 1.807) is 0 Å². The van der Waals surface area contributed by atoms with Gasteiger partial charge in [-0.1, -0.05) is 6.92 Å². The summed E-state index contributed by atoms with van der Waals surface area (Å²) in [7, 11) is 0. The highest BCUT2D eigenvalue weighted by atomic mass is 16.5. The molecule has 0 aromatic heterocycles. The second-order valence-electron chi connectivity index (χ2n) is 5.28. The molecular formula is C16H24N2O2. The number of carbonyl (C=O) groups is 1. The highest BCUT2D eigenvalue weighted by Crippen LogP contribution is 2.15. The minimum absolute atomic E-state index is 0.00552. The van der Waals surface area contributed by atoms with Gasteiger partial charge in [-0.25, -0.2) is 0 Å². The number of hydrogen-bond acceptors (Lipinski definition) is 3. The van der Waals surface area contributed by atoms with Crippen LogP contribution in [0, 0.1) is 5.92 Å². The fourth-order valence-corrected chi connectivity index (χ4v) is 2.31. The standard InChI is InChI=1S/C16H24N2O2/c1-2-9-17-15-5-3-14(4-6-15)16(19)18-10-7-13-8-11-20-12-13/h3-6,13,17H,2,7-12H2,1H3,(H,18,19). The monoisotopic (exact) mass is 276 g/mol. The number of anilines is 1. The van der Waals surface area contributed by atoms with Crippen LogP contribution in [-0.4, -0.2) is 32.2 Å². The van der Waals surface area contributed by atoms with Crippen LogP contribution in [0.2, 0.25) is 0 Å². The first-order valence-electron chi connectivity index (χ1n) is 7.49. The minimum Gasteiger partial charge on any atom is -0.385 e. The Morgan fingerprint density at radius 1 is 1.30 bits per heavy atom. The zero-order chi connectivity index (χ0) is 14.2. The quantitative estimate of drug-likeness (QED) is 0.805. The Hall–Kier alpha value is -1.55. The Morgan fingerprint density at radius 3 is 2.75 bits per heavy atom. The van der Waals surface area contributed by atoms with Crippen molar-refractivity contribution >= 4 is 11.6 Å². The summed E-state index contributed by atoms with van der Waals surface area (Å²) in [6.45, 7) is 5.51. The third kappa shape index (κ3) is 4.53. The van der Waals surface area contributed by atoms with Gasteiger partial charge in [0.1, 0.15) is 0 Å². The van der Waals surface area contributed by atoms with Crippen LogP contribution in [0.3, 0.4) is 0 Å². The Kier molecular flexibility index (Phi) is 5.87. The van der Waals surface area contributed by atoms with E-state index in [-0.39, 0.29) is 5.91 Å². The molecule has 2 rings (SSSR count). The molecule has 0 spiro atoms. The zero-order valence-corrected chi connectivity index (χ0v) is 12.2. The van der Waals surface area contributed by atoms with E-state index in [1.165, 1.54) is 0 Å². The molecule has 1 unspecified atom stereocenters. The molecular weight excluding hydrogens is 252 g/mol. The van der Waals surface area contributed by atoms with E-state index in [4.69, 9.17) is 4.74 Å². The SMILES string of the molecule is CCCNc1ccc(C(=O)NCCC2CCOC2)cc1. The molecule has 1 aromatic carbocycles. The van der Waals surface area contributed by atoms with Gasteiger partial charge in [-0.3, -0.25) is 4.79 Å². The average molecular weight is 276 g/mol. The molecule has 0 radical (unpaired) electrons. The second-order valence-corrected chi connectivity index (χ2v) is 5.28. The van der Waals surface area contributed by atoms with Crippen molar-refractivity contribution < 1.29 is 9.53 Å². The number of ether oxygens (including phenoxy) is 1. The first kappa shape index (κ1) is 14.9. The van der Waals surface area contributed by atoms with Crippen molar-refractivity contribution in [2.75, 3.05) is 31.6 Å². The first-order chi connectivity index (χ1) is 9.79. The van der Waals surface area contributed by atoms with Crippen LogP contribution in [0.4, 0.5) is 5.69 Å². The summed E-state index contributed by atoms with van der Waals surface area (Å²) in [5.74, 6) is 0.613. The van der Waals surface area contributed by atoms with Crippen molar-refractivity contribution in [2.24, 2.45) is 5.92 Å². The van der Waals surface area contributed by atoms with Crippen molar-refractivity contribution in [3.05, 3.63) is 29.8 Å². The number of rotatable bonds is 7. The summed E-state index contributed by atoms with van der Waals surface area (Å²) in [4.78, 5) is 12.0. The van der Waals surface area contributed by atoms with Gasteiger partial charge in [0.15, 0.2) is 0 Å². The number of benzene rings is 1. The lowest BCUT2D eigenvalue weighted by Crippen LogP contribution is -2.26. The summed E-state index contributed by atoms with van der Waals surface area (Å²) < 4.78 is 5.32. The molecule has 110 valence electrons. The molecule has 1 aliphatic heterocycles. The molecule has 1 aliphatic rings. The van der Waals surface area contributed by atoms with Gasteiger partial charge >= 0.3 is 0 Å². The number of hydrogen-bond donors (Lipinski definition) is 2. The third-order valence-corrected chi connectivity index (χ3v) is 3.59. The lowest BCUT2D eigenvalue weighted by Gasteiger charge is -2.09. The van der Waals surface area contributed by atoms with E-state index in [1.807, 2.05) is 24.3 Å². The fraction of sp³-hybridized carbons (Fsp3) is 0.562. The lowest BCUT2D eigenvalue weighted by molar-refractivity contribution is 0.0950. The Balaban J connectivity index is 1.73. The molecule has 20 heavy (non-hydrogen) atoms. The third-order valence-electron chi connectivity index (χ3n) is 3.59. The van der Waals surface area contributed by atoms with Crippen LogP contribution in [-0.2, 0) is 4.74 Å². The second kappa shape index (κ2) is 7.90. The maximum Gasteiger partial charge on any atom is 0.251 e. The summed E-state index contributed by atoms with van der Waals surface area (Å²) in [5.41, 5.74) is 1.78. The van der Waals surface area contributed by atoms with Crippen LogP contribution < -0.4 is 10.6 Å². The molecule has 1 saturated heterocycles. The van der Waals surface area contributed by atoms with Gasteiger partial charge in [-0.15, -0.1) is 0 Å². The number of amides is 1. The maximum absolute atomic E-state index is 12.0. The van der Waals surface area contributed by atoms with Gasteiger partial charge in [0.25, 0.3) is 5.91 Å². The molecule has 0 aliphatic carbocycles. The van der Waals surface area contributed by atoms with Gasteiger partial charge in [-0.05, 0) is 49.4 Å². The van der Waals surface area contributed by atoms with Crippen molar-refractivity contribution in [3.63, 3.8) is 0 Å². The van der Waals surface area contributed by atoms with Crippen LogP contribution in [0.25, 0.3) is 0 Å². The van der Waals surface area contributed by atoms with Gasteiger partial charge in [0.05, 0.1) is 0 Å². The smallest absolute Gasteiger partial charge is 0.251 e. The summed E-state index contributed by atoms with van der Waals surface area (Å²) >= 11 is 0. The summed E-state index contributed by atoms with van der Waals surface area (Å²) in [6, 6.07) is 7.64. The fourth-order valence-electron chi connectivity index (χ4n) is 2.31. The van der Waals surface area contributed by atoms with Gasteiger partial charge < -0.3 is 15.4 Å². The number of carbonyl (C=O) groups excluding carboxylic acids is 1. The molecule has 0 bridgehead atoms. The molecule has 1 fully saturated rings. The van der Waals surface area contributed by atoms with E-state index in [0.29, 0.717) is 5.92 Å². The van der Waals surface area contributed by atoms with E-state index in [9.17, 15) is 4.79 Å². The van der Waals surface area contributed by atoms with Crippen LogP contribution >= 0.6 is 0 Å². The average Bonchev–Trinajstić information content (AvgIpc) is 2.99. The first-order valence-corrected chi connectivity index (χ1v) is 7.49. The molecule has 4 heteroatoms. The highest BCUT2D eigenvalue weighted by Gasteiger charge is 2.15. The van der Waals surface area contributed by atoms with Crippen molar-refractivity contribution in [2.45, 2.75) is 26.2 Å². The Bertz CT molecular complexity index is 411. The molecule has 1 amide bonds. The Labute approximate surface area is 120 Å². The molecule has 0 saturated carbocycles. The van der Waals surface area contributed by atoms with Gasteiger partial charge in [-0.2, -0.15) is 0 Å². The maximum atomic E-state index is 12.0. The van der Waals surface area contributed by atoms with E-state index < -0.39 is 0 Å². The summed E-state index contributed by atoms with van der Waals surface area (Å²) in [5, 5.41) is 6.27.